The number of methoxy groups -OCH3 is 2. The van der Waals surface area contributed by atoms with E-state index in [1.165, 1.54) is 19.1 Å². The number of likely N-dealkylation sites (N-methyl/N-ethyl adjacent to an activating group) is 1. The van der Waals surface area contributed by atoms with Crippen molar-refractivity contribution in [1.82, 2.24) is 15.3 Å². The number of nitrogens with zero attached hydrogens (tertiary/aromatic N) is 3. The van der Waals surface area contributed by atoms with Gasteiger partial charge < -0.3 is 14.4 Å². The lowest BCUT2D eigenvalue weighted by Crippen LogP contribution is -2.53. The number of rotatable bonds is 1. The van der Waals surface area contributed by atoms with Crippen LogP contribution in [0.4, 0.5) is 9.59 Å². The van der Waals surface area contributed by atoms with Crippen molar-refractivity contribution in [3.63, 3.8) is 0 Å². The van der Waals surface area contributed by atoms with Gasteiger partial charge in [0.2, 0.25) is 5.96 Å². The molecule has 9 nitrogen and oxygen atoms in total. The van der Waals surface area contributed by atoms with E-state index in [1.54, 1.807) is 6.92 Å². The molecule has 10 heteroatoms. The Bertz CT molecular complexity index is 478. The highest BCUT2D eigenvalue weighted by molar-refractivity contribution is 6.23. The third kappa shape index (κ3) is 3.11. The molecule has 0 fully saturated rings. The van der Waals surface area contributed by atoms with Crippen molar-refractivity contribution in [2.45, 2.75) is 12.4 Å². The van der Waals surface area contributed by atoms with Gasteiger partial charge in [0.15, 0.2) is 0 Å². The summed E-state index contributed by atoms with van der Waals surface area (Å²) in [4.78, 5) is 27.3. The maximum Gasteiger partial charge on any atom is 0.436 e. The molecular weight excluding hydrogens is 292 g/mol. The van der Waals surface area contributed by atoms with Crippen molar-refractivity contribution in [3.05, 3.63) is 11.4 Å². The molecule has 1 atom stereocenters. The molecular formula is C10H15ClN4O5. The van der Waals surface area contributed by atoms with Crippen LogP contribution in [0.25, 0.3) is 0 Å². The molecule has 0 aromatic heterocycles. The quantitative estimate of drug-likeness (QED) is 0.548. The number of hydrogen-bond acceptors (Lipinski definition) is 5. The molecule has 2 amide bonds. The Morgan fingerprint density at radius 2 is 2.00 bits per heavy atom. The molecule has 0 aliphatic carbocycles. The summed E-state index contributed by atoms with van der Waals surface area (Å²) in [5, 5.41) is 12.8. The third-order valence-electron chi connectivity index (χ3n) is 2.56. The number of aliphatic imine (C=N–C) groups is 1. The number of guanidine groups is 1. The van der Waals surface area contributed by atoms with Crippen LogP contribution < -0.4 is 5.32 Å². The van der Waals surface area contributed by atoms with E-state index in [4.69, 9.17) is 11.6 Å². The molecule has 20 heavy (non-hydrogen) atoms. The fourth-order valence-electron chi connectivity index (χ4n) is 1.47. The maximum absolute atomic E-state index is 11.3. The predicted octanol–water partition coefficient (Wildman–Crippen LogP) is 0.898. The van der Waals surface area contributed by atoms with Gasteiger partial charge in [0.25, 0.3) is 0 Å². The van der Waals surface area contributed by atoms with Gasteiger partial charge in [-0.1, -0.05) is 11.6 Å². The van der Waals surface area contributed by atoms with Gasteiger partial charge in [-0.3, -0.25) is 10.5 Å². The topological polar surface area (TPSA) is 104 Å². The number of amides is 2. The summed E-state index contributed by atoms with van der Waals surface area (Å²) in [5.41, 5.74) is -0.292. The average molecular weight is 307 g/mol. The molecule has 0 aromatic rings. The van der Waals surface area contributed by atoms with Crippen molar-refractivity contribution in [2.75, 3.05) is 21.3 Å². The Hall–Kier alpha value is -2.00. The highest BCUT2D eigenvalue weighted by Gasteiger charge is 2.34. The van der Waals surface area contributed by atoms with E-state index in [2.05, 4.69) is 19.8 Å². The van der Waals surface area contributed by atoms with Crippen LogP contribution >= 0.6 is 11.6 Å². The van der Waals surface area contributed by atoms with E-state index in [0.717, 1.165) is 7.11 Å². The Balaban J connectivity index is 3.19. The SMILES string of the molecule is COC(=O)/N=C1/N(O)C(NC(=O)OC)=C(C)C(Cl)N1C. The van der Waals surface area contributed by atoms with Crippen LogP contribution in [0.3, 0.4) is 0 Å². The van der Waals surface area contributed by atoms with E-state index < -0.39 is 17.7 Å². The first-order valence-electron chi connectivity index (χ1n) is 5.41. The van der Waals surface area contributed by atoms with Gasteiger partial charge >= 0.3 is 12.2 Å². The first-order valence-corrected chi connectivity index (χ1v) is 5.85. The van der Waals surface area contributed by atoms with E-state index in [0.29, 0.717) is 10.6 Å². The zero-order valence-electron chi connectivity index (χ0n) is 11.4. The summed E-state index contributed by atoms with van der Waals surface area (Å²) in [6.45, 7) is 1.59. The van der Waals surface area contributed by atoms with Crippen LogP contribution in [0.1, 0.15) is 6.92 Å². The van der Waals surface area contributed by atoms with E-state index in [9.17, 15) is 14.8 Å². The lowest BCUT2D eigenvalue weighted by molar-refractivity contribution is -0.00717. The Morgan fingerprint density at radius 3 is 2.50 bits per heavy atom. The number of alkyl carbamates (subject to hydrolysis) is 1. The number of alkyl halides is 1. The van der Waals surface area contributed by atoms with Gasteiger partial charge in [-0.2, -0.15) is 5.06 Å². The van der Waals surface area contributed by atoms with Crippen LogP contribution in [0.15, 0.2) is 16.4 Å². The Labute approximate surface area is 120 Å². The third-order valence-corrected chi connectivity index (χ3v) is 3.18. The molecule has 1 unspecified atom stereocenters. The van der Waals surface area contributed by atoms with Gasteiger partial charge in [-0.25, -0.2) is 9.59 Å². The molecule has 0 aromatic carbocycles. The van der Waals surface area contributed by atoms with Crippen LogP contribution in [-0.2, 0) is 9.47 Å². The average Bonchev–Trinajstić information content (AvgIpc) is 2.45. The predicted molar refractivity (Wildman–Crippen MR) is 69.1 cm³/mol. The second-order valence-corrected chi connectivity index (χ2v) is 4.20. The number of hydrogen-bond donors (Lipinski definition) is 2. The summed E-state index contributed by atoms with van der Waals surface area (Å²) >= 11 is 6.13. The number of halogens is 1. The van der Waals surface area contributed by atoms with Crippen molar-refractivity contribution in [1.29, 1.82) is 0 Å². The largest absolute Gasteiger partial charge is 0.453 e. The van der Waals surface area contributed by atoms with E-state index >= 15 is 0 Å². The monoisotopic (exact) mass is 306 g/mol. The van der Waals surface area contributed by atoms with Gasteiger partial charge in [0.05, 0.1) is 14.2 Å². The molecule has 1 heterocycles. The van der Waals surface area contributed by atoms with Crippen LogP contribution in [-0.4, -0.2) is 60.1 Å². The first-order chi connectivity index (χ1) is 9.33. The second kappa shape index (κ2) is 6.44. The highest BCUT2D eigenvalue weighted by atomic mass is 35.5. The Morgan fingerprint density at radius 1 is 1.40 bits per heavy atom. The number of hydroxylamine groups is 2. The Kier molecular flexibility index (Phi) is 5.17. The van der Waals surface area contributed by atoms with Crippen molar-refractivity contribution < 1.29 is 24.3 Å². The van der Waals surface area contributed by atoms with Crippen LogP contribution in [0.5, 0.6) is 0 Å². The van der Waals surface area contributed by atoms with E-state index in [-0.39, 0.29) is 11.8 Å². The van der Waals surface area contributed by atoms with Crippen molar-refractivity contribution in [3.8, 4) is 0 Å². The summed E-state index contributed by atoms with van der Waals surface area (Å²) < 4.78 is 8.83. The molecule has 1 aliphatic rings. The van der Waals surface area contributed by atoms with Gasteiger partial charge in [0.1, 0.15) is 11.3 Å². The van der Waals surface area contributed by atoms with Crippen LogP contribution in [0.2, 0.25) is 0 Å². The zero-order valence-corrected chi connectivity index (χ0v) is 12.1. The first kappa shape index (κ1) is 16.1. The van der Waals surface area contributed by atoms with Crippen molar-refractivity contribution >= 4 is 29.7 Å². The van der Waals surface area contributed by atoms with E-state index in [1.807, 2.05) is 0 Å². The second-order valence-electron chi connectivity index (χ2n) is 3.79. The minimum Gasteiger partial charge on any atom is -0.453 e. The number of ether oxygens (including phenoxy) is 2. The minimum absolute atomic E-state index is 0.0439. The fourth-order valence-corrected chi connectivity index (χ4v) is 1.66. The summed E-state index contributed by atoms with van der Waals surface area (Å²) in [6, 6.07) is 0. The van der Waals surface area contributed by atoms with Gasteiger partial charge in [-0.15, -0.1) is 4.99 Å². The summed E-state index contributed by atoms with van der Waals surface area (Å²) in [7, 11) is 3.83. The lowest BCUT2D eigenvalue weighted by atomic mass is 10.2. The van der Waals surface area contributed by atoms with Crippen molar-refractivity contribution in [2.24, 2.45) is 4.99 Å². The standard InChI is InChI=1S/C10H15ClN4O5/c1-5-6(11)14(2)8(13-10(17)20-4)15(18)7(5)12-9(16)19-3/h6,18H,1-4H3,(H,12,16)/b13-8+. The molecule has 2 N–H and O–H groups in total. The highest BCUT2D eigenvalue weighted by Crippen LogP contribution is 2.25. The lowest BCUT2D eigenvalue weighted by Gasteiger charge is -2.37. The smallest absolute Gasteiger partial charge is 0.436 e. The molecule has 0 radical (unpaired) electrons. The number of nitrogens with one attached hydrogen (secondary N) is 1. The fraction of sp³-hybridized carbons (Fsp3) is 0.500. The minimum atomic E-state index is -0.924. The molecule has 112 valence electrons. The molecule has 0 bridgehead atoms. The van der Waals surface area contributed by atoms with Crippen LogP contribution in [0, 0.1) is 0 Å². The number of carbonyl (C=O) groups excluding carboxylic acids is 2. The molecule has 0 spiro atoms. The summed E-state index contributed by atoms with van der Waals surface area (Å²) in [5.74, 6) is -0.244. The summed E-state index contributed by atoms with van der Waals surface area (Å²) in [6.07, 6.45) is -1.73. The maximum atomic E-state index is 11.3. The number of carbonyl (C=O) groups is 2. The van der Waals surface area contributed by atoms with Gasteiger partial charge in [-0.05, 0) is 6.92 Å². The zero-order chi connectivity index (χ0) is 15.4. The molecule has 0 saturated carbocycles. The normalized spacial score (nSPS) is 21.1. The van der Waals surface area contributed by atoms with Gasteiger partial charge in [0, 0.05) is 12.6 Å². The molecule has 0 saturated heterocycles. The molecule has 1 aliphatic heterocycles. The molecule has 1 rings (SSSR count).